The van der Waals surface area contributed by atoms with E-state index >= 15 is 0 Å². The Morgan fingerprint density at radius 2 is 1.85 bits per heavy atom. The molecule has 2 nitrogen and oxygen atoms in total. The fraction of sp³-hybridized carbons (Fsp3) is 0.909. The van der Waals surface area contributed by atoms with Gasteiger partial charge in [-0.2, -0.15) is 0 Å². The Balaban J connectivity index is 2.36. The quantitative estimate of drug-likeness (QED) is 0.647. The lowest BCUT2D eigenvalue weighted by Gasteiger charge is -2.29. The van der Waals surface area contributed by atoms with E-state index < -0.39 is 0 Å². The van der Waals surface area contributed by atoms with E-state index in [2.05, 4.69) is 13.8 Å². The van der Waals surface area contributed by atoms with Crippen molar-refractivity contribution in [1.29, 1.82) is 5.41 Å². The van der Waals surface area contributed by atoms with Crippen molar-refractivity contribution < 1.29 is 0 Å². The molecule has 1 saturated carbocycles. The van der Waals surface area contributed by atoms with Crippen molar-refractivity contribution in [3.05, 3.63) is 0 Å². The minimum absolute atomic E-state index is 0.430. The number of hydrogen-bond donors (Lipinski definition) is 2. The molecule has 0 aliphatic heterocycles. The first-order chi connectivity index (χ1) is 6.15. The van der Waals surface area contributed by atoms with Crippen molar-refractivity contribution in [2.75, 3.05) is 6.54 Å². The molecule has 0 aromatic carbocycles. The Kier molecular flexibility index (Phi) is 3.91. The van der Waals surface area contributed by atoms with Crippen LogP contribution in [0.3, 0.4) is 0 Å². The molecule has 1 rings (SSSR count). The summed E-state index contributed by atoms with van der Waals surface area (Å²) in [5.41, 5.74) is 6.59. The van der Waals surface area contributed by atoms with Crippen LogP contribution >= 0.6 is 0 Å². The van der Waals surface area contributed by atoms with Crippen LogP contribution in [0.15, 0.2) is 0 Å². The average molecular weight is 182 g/mol. The van der Waals surface area contributed by atoms with E-state index in [1.807, 2.05) is 0 Å². The van der Waals surface area contributed by atoms with Gasteiger partial charge in [0.1, 0.15) is 0 Å². The van der Waals surface area contributed by atoms with Gasteiger partial charge in [0.15, 0.2) is 0 Å². The molecule has 1 aliphatic rings. The summed E-state index contributed by atoms with van der Waals surface area (Å²) in [5, 5.41) is 7.93. The molecular weight excluding hydrogens is 160 g/mol. The highest BCUT2D eigenvalue weighted by Gasteiger charge is 2.24. The monoisotopic (exact) mass is 182 g/mol. The first-order valence-electron chi connectivity index (χ1n) is 5.43. The second-order valence-corrected chi connectivity index (χ2v) is 4.56. The Labute approximate surface area is 81.4 Å². The molecule has 13 heavy (non-hydrogen) atoms. The lowest BCUT2D eigenvalue weighted by atomic mass is 9.77. The van der Waals surface area contributed by atoms with E-state index in [4.69, 9.17) is 11.1 Å². The minimum Gasteiger partial charge on any atom is -0.330 e. The van der Waals surface area contributed by atoms with Crippen LogP contribution in [-0.2, 0) is 0 Å². The fourth-order valence-electron chi connectivity index (χ4n) is 2.18. The standard InChI is InChI=1S/C11H22N2/c1-8(2)11(13)10-5-3-9(7-12)4-6-10/h8-10,13H,3-7,12H2,1-2H3. The highest BCUT2D eigenvalue weighted by Crippen LogP contribution is 2.30. The zero-order chi connectivity index (χ0) is 9.84. The molecule has 0 saturated heterocycles. The first-order valence-corrected chi connectivity index (χ1v) is 5.43. The number of hydrogen-bond acceptors (Lipinski definition) is 2. The maximum Gasteiger partial charge on any atom is 0.0145 e. The molecule has 0 aromatic rings. The maximum absolute atomic E-state index is 7.93. The van der Waals surface area contributed by atoms with Crippen molar-refractivity contribution in [3.8, 4) is 0 Å². The highest BCUT2D eigenvalue weighted by atomic mass is 14.6. The van der Waals surface area contributed by atoms with E-state index in [9.17, 15) is 0 Å². The van der Waals surface area contributed by atoms with Gasteiger partial charge in [-0.25, -0.2) is 0 Å². The van der Waals surface area contributed by atoms with E-state index in [0.29, 0.717) is 11.8 Å². The van der Waals surface area contributed by atoms with E-state index in [0.717, 1.165) is 18.2 Å². The van der Waals surface area contributed by atoms with Crippen molar-refractivity contribution in [2.24, 2.45) is 23.5 Å². The Bertz CT molecular complexity index is 167. The van der Waals surface area contributed by atoms with Crippen LogP contribution in [0.5, 0.6) is 0 Å². The van der Waals surface area contributed by atoms with Crippen molar-refractivity contribution in [3.63, 3.8) is 0 Å². The third-order valence-corrected chi connectivity index (χ3v) is 3.24. The fourth-order valence-corrected chi connectivity index (χ4v) is 2.18. The van der Waals surface area contributed by atoms with Crippen LogP contribution in [0.4, 0.5) is 0 Å². The van der Waals surface area contributed by atoms with Gasteiger partial charge in [-0.15, -0.1) is 0 Å². The Morgan fingerprint density at radius 3 is 2.23 bits per heavy atom. The van der Waals surface area contributed by atoms with Gasteiger partial charge in [0.25, 0.3) is 0 Å². The van der Waals surface area contributed by atoms with Gasteiger partial charge in [0.2, 0.25) is 0 Å². The van der Waals surface area contributed by atoms with Crippen LogP contribution < -0.4 is 5.73 Å². The molecule has 0 spiro atoms. The highest BCUT2D eigenvalue weighted by molar-refractivity contribution is 5.85. The lowest BCUT2D eigenvalue weighted by Crippen LogP contribution is -2.27. The number of nitrogens with one attached hydrogen (secondary N) is 1. The van der Waals surface area contributed by atoms with Crippen molar-refractivity contribution in [1.82, 2.24) is 0 Å². The average Bonchev–Trinajstić information content (AvgIpc) is 2.17. The summed E-state index contributed by atoms with van der Waals surface area (Å²) < 4.78 is 0. The first kappa shape index (κ1) is 10.7. The van der Waals surface area contributed by atoms with Crippen LogP contribution in [0.2, 0.25) is 0 Å². The predicted octanol–water partition coefficient (Wildman–Crippen LogP) is 2.43. The third kappa shape index (κ3) is 2.80. The summed E-state index contributed by atoms with van der Waals surface area (Å²) in [6, 6.07) is 0. The molecular formula is C11H22N2. The Hall–Kier alpha value is -0.370. The van der Waals surface area contributed by atoms with Crippen LogP contribution in [-0.4, -0.2) is 12.3 Å². The van der Waals surface area contributed by atoms with Crippen LogP contribution in [0.1, 0.15) is 39.5 Å². The zero-order valence-electron chi connectivity index (χ0n) is 8.84. The third-order valence-electron chi connectivity index (χ3n) is 3.24. The Morgan fingerprint density at radius 1 is 1.31 bits per heavy atom. The van der Waals surface area contributed by atoms with E-state index in [-0.39, 0.29) is 0 Å². The van der Waals surface area contributed by atoms with Gasteiger partial charge < -0.3 is 11.1 Å². The second kappa shape index (κ2) is 4.75. The van der Waals surface area contributed by atoms with Gasteiger partial charge in [-0.05, 0) is 50.0 Å². The SMILES string of the molecule is CC(C)C(=N)C1CCC(CN)CC1. The predicted molar refractivity (Wildman–Crippen MR) is 57.1 cm³/mol. The molecule has 0 aromatic heterocycles. The molecule has 0 bridgehead atoms. The lowest BCUT2D eigenvalue weighted by molar-refractivity contribution is 0.323. The van der Waals surface area contributed by atoms with Gasteiger partial charge in [-0.1, -0.05) is 13.8 Å². The molecule has 3 N–H and O–H groups in total. The maximum atomic E-state index is 7.93. The molecule has 76 valence electrons. The molecule has 1 fully saturated rings. The largest absolute Gasteiger partial charge is 0.330 e. The van der Waals surface area contributed by atoms with Gasteiger partial charge in [0.05, 0.1) is 0 Å². The van der Waals surface area contributed by atoms with Crippen molar-refractivity contribution >= 4 is 5.71 Å². The van der Waals surface area contributed by atoms with Crippen LogP contribution in [0.25, 0.3) is 0 Å². The molecule has 0 heterocycles. The molecule has 1 aliphatic carbocycles. The molecule has 0 radical (unpaired) electrons. The topological polar surface area (TPSA) is 49.9 Å². The van der Waals surface area contributed by atoms with Gasteiger partial charge >= 0.3 is 0 Å². The molecule has 0 unspecified atom stereocenters. The summed E-state index contributed by atoms with van der Waals surface area (Å²) in [7, 11) is 0. The smallest absolute Gasteiger partial charge is 0.0145 e. The van der Waals surface area contributed by atoms with Gasteiger partial charge in [0, 0.05) is 5.71 Å². The summed E-state index contributed by atoms with van der Waals surface area (Å²) in [5.74, 6) is 1.72. The normalized spacial score (nSPS) is 29.2. The summed E-state index contributed by atoms with van der Waals surface area (Å²) in [6.45, 7) is 5.08. The molecule has 0 amide bonds. The zero-order valence-corrected chi connectivity index (χ0v) is 8.84. The van der Waals surface area contributed by atoms with E-state index in [1.165, 1.54) is 25.7 Å². The molecule has 2 heteroatoms. The minimum atomic E-state index is 0.430. The van der Waals surface area contributed by atoms with Gasteiger partial charge in [-0.3, -0.25) is 0 Å². The summed E-state index contributed by atoms with van der Waals surface area (Å²) in [6.07, 6.45) is 4.85. The molecule has 0 atom stereocenters. The van der Waals surface area contributed by atoms with Crippen molar-refractivity contribution in [2.45, 2.75) is 39.5 Å². The summed E-state index contributed by atoms with van der Waals surface area (Å²) >= 11 is 0. The summed E-state index contributed by atoms with van der Waals surface area (Å²) in [4.78, 5) is 0. The second-order valence-electron chi connectivity index (χ2n) is 4.56. The number of nitrogens with two attached hydrogens (primary N) is 1. The number of rotatable bonds is 3. The van der Waals surface area contributed by atoms with E-state index in [1.54, 1.807) is 0 Å². The van der Waals surface area contributed by atoms with Crippen LogP contribution in [0, 0.1) is 23.2 Å².